The van der Waals surface area contributed by atoms with Crippen LogP contribution in [0.2, 0.25) is 0 Å². The second-order valence-electron chi connectivity index (χ2n) is 7.67. The summed E-state index contributed by atoms with van der Waals surface area (Å²) in [6, 6.07) is 3.92. The van der Waals surface area contributed by atoms with Gasteiger partial charge in [-0.05, 0) is 48.7 Å². The topological polar surface area (TPSA) is 53.0 Å². The van der Waals surface area contributed by atoms with Gasteiger partial charge in [-0.1, -0.05) is 32.5 Å². The number of phenols is 1. The summed E-state index contributed by atoms with van der Waals surface area (Å²) in [7, 11) is 5.50. The molecule has 26 heavy (non-hydrogen) atoms. The quantitative estimate of drug-likeness (QED) is 0.794. The maximum absolute atomic E-state index is 12.6. The van der Waals surface area contributed by atoms with E-state index in [1.165, 1.54) is 16.7 Å². The molecule has 5 nitrogen and oxygen atoms in total. The van der Waals surface area contributed by atoms with Gasteiger partial charge in [-0.15, -0.1) is 0 Å². The molecule has 0 unspecified atom stereocenters. The molecule has 1 aliphatic rings. The summed E-state index contributed by atoms with van der Waals surface area (Å²) in [5, 5.41) is 12.6. The molecule has 0 atom stereocenters. The predicted octanol–water partition coefficient (Wildman–Crippen LogP) is 3.74. The van der Waals surface area contributed by atoms with Crippen molar-refractivity contribution < 1.29 is 14.6 Å². The largest absolute Gasteiger partial charge is 0.507 e. The minimum Gasteiger partial charge on any atom is -0.507 e. The molecule has 1 amide bonds. The molecule has 1 aliphatic heterocycles. The second-order valence-corrected chi connectivity index (χ2v) is 8.62. The molecule has 1 heterocycles. The highest BCUT2D eigenvalue weighted by Crippen LogP contribution is 2.36. The molecule has 0 saturated heterocycles. The zero-order valence-corrected chi connectivity index (χ0v) is 17.2. The van der Waals surface area contributed by atoms with Crippen molar-refractivity contribution in [3.8, 4) is 5.75 Å². The normalized spacial score (nSPS) is 16.8. The number of thioether (sulfide) groups is 1. The average molecular weight is 377 g/mol. The number of benzene rings is 1. The summed E-state index contributed by atoms with van der Waals surface area (Å²) in [6.07, 6.45) is 3.61. The lowest BCUT2D eigenvalue weighted by Crippen LogP contribution is -2.29. The Morgan fingerprint density at radius 3 is 2.58 bits per heavy atom. The fourth-order valence-electron chi connectivity index (χ4n) is 2.76. The molecule has 0 fully saturated rings. The number of carbonyl (C=O) groups excluding carboxylic acids is 1. The third-order valence-corrected chi connectivity index (χ3v) is 4.78. The number of hydrogen-bond donors (Lipinski definition) is 1. The van der Waals surface area contributed by atoms with Crippen molar-refractivity contribution in [3.05, 3.63) is 45.3 Å². The Hall–Kier alpha value is -1.76. The first-order valence-corrected chi connectivity index (χ1v) is 9.37. The summed E-state index contributed by atoms with van der Waals surface area (Å²) in [5.74, 6) is 0.246. The number of amides is 1. The molecule has 0 bridgehead atoms. The molecule has 2 rings (SSSR count). The van der Waals surface area contributed by atoms with Gasteiger partial charge >= 0.3 is 0 Å². The number of ether oxygens (including phenoxy) is 1. The van der Waals surface area contributed by atoms with Gasteiger partial charge < -0.3 is 14.7 Å². The van der Waals surface area contributed by atoms with Gasteiger partial charge in [0.2, 0.25) is 0 Å². The Labute approximate surface area is 160 Å². The predicted molar refractivity (Wildman–Crippen MR) is 108 cm³/mol. The number of rotatable bonds is 5. The van der Waals surface area contributed by atoms with Crippen LogP contribution in [-0.2, 0) is 21.5 Å². The maximum atomic E-state index is 12.6. The highest BCUT2D eigenvalue weighted by atomic mass is 32.2. The van der Waals surface area contributed by atoms with Crippen molar-refractivity contribution in [1.29, 1.82) is 0 Å². The number of aromatic hydroxyl groups is 1. The minimum atomic E-state index is -0.203. The smallest absolute Gasteiger partial charge is 0.266 e. The SMILES string of the molecule is COCN1C=CS/C(=C\c2cc(CN(C)C)c(O)c(C(C)(C)C)c2)C1=O. The van der Waals surface area contributed by atoms with Crippen LogP contribution in [0.5, 0.6) is 5.75 Å². The highest BCUT2D eigenvalue weighted by Gasteiger charge is 2.23. The van der Waals surface area contributed by atoms with E-state index >= 15 is 0 Å². The van der Waals surface area contributed by atoms with Crippen LogP contribution in [0.25, 0.3) is 6.08 Å². The van der Waals surface area contributed by atoms with E-state index in [-0.39, 0.29) is 18.1 Å². The van der Waals surface area contributed by atoms with Gasteiger partial charge in [0, 0.05) is 31.0 Å². The Balaban J connectivity index is 2.49. The summed E-state index contributed by atoms with van der Waals surface area (Å²) in [5.41, 5.74) is 2.44. The van der Waals surface area contributed by atoms with Gasteiger partial charge in [0.15, 0.2) is 0 Å². The molecule has 142 valence electrons. The monoisotopic (exact) mass is 376 g/mol. The Morgan fingerprint density at radius 2 is 2.00 bits per heavy atom. The third kappa shape index (κ3) is 4.90. The second kappa shape index (κ2) is 8.29. The van der Waals surface area contributed by atoms with Crippen LogP contribution in [-0.4, -0.2) is 48.7 Å². The molecule has 1 aromatic carbocycles. The van der Waals surface area contributed by atoms with Gasteiger partial charge in [0.1, 0.15) is 12.5 Å². The van der Waals surface area contributed by atoms with Crippen LogP contribution in [0.4, 0.5) is 0 Å². The van der Waals surface area contributed by atoms with Crippen molar-refractivity contribution in [2.45, 2.75) is 32.7 Å². The third-order valence-electron chi connectivity index (χ3n) is 3.98. The van der Waals surface area contributed by atoms with Gasteiger partial charge in [-0.2, -0.15) is 0 Å². The lowest BCUT2D eigenvalue weighted by Gasteiger charge is -2.25. The standard InChI is InChI=1S/C20H28N2O3S/c1-20(2,3)16-10-14(9-15(18(16)23)12-21(4)5)11-17-19(24)22(13-25-6)7-8-26-17/h7-11,23H,12-13H2,1-6H3/b17-11-. The first-order valence-electron chi connectivity index (χ1n) is 8.49. The maximum Gasteiger partial charge on any atom is 0.266 e. The van der Waals surface area contributed by atoms with E-state index in [9.17, 15) is 9.90 Å². The van der Waals surface area contributed by atoms with Crippen molar-refractivity contribution >= 4 is 23.7 Å². The number of methoxy groups -OCH3 is 1. The van der Waals surface area contributed by atoms with E-state index in [1.807, 2.05) is 42.6 Å². The number of carbonyl (C=O) groups is 1. The molecular formula is C20H28N2O3S. The van der Waals surface area contributed by atoms with Crippen LogP contribution in [0, 0.1) is 0 Å². The molecule has 0 saturated carbocycles. The first kappa shape index (κ1) is 20.6. The van der Waals surface area contributed by atoms with E-state index in [0.717, 1.165) is 16.7 Å². The Morgan fingerprint density at radius 1 is 1.31 bits per heavy atom. The Kier molecular flexibility index (Phi) is 6.55. The van der Waals surface area contributed by atoms with Gasteiger partial charge in [-0.25, -0.2) is 0 Å². The molecular weight excluding hydrogens is 348 g/mol. The first-order chi connectivity index (χ1) is 12.1. The molecule has 0 aromatic heterocycles. The van der Waals surface area contributed by atoms with Crippen molar-refractivity contribution in [3.63, 3.8) is 0 Å². The summed E-state index contributed by atoms with van der Waals surface area (Å²) < 4.78 is 5.07. The zero-order chi connectivity index (χ0) is 19.5. The molecule has 6 heteroatoms. The number of phenolic OH excluding ortho intramolecular Hbond substituents is 1. The summed E-state index contributed by atoms with van der Waals surface area (Å²) >= 11 is 1.39. The van der Waals surface area contributed by atoms with Crippen LogP contribution in [0.15, 0.2) is 28.6 Å². The number of hydrogen-bond acceptors (Lipinski definition) is 5. The van der Waals surface area contributed by atoms with E-state index in [4.69, 9.17) is 4.74 Å². The van der Waals surface area contributed by atoms with E-state index in [2.05, 4.69) is 20.8 Å². The van der Waals surface area contributed by atoms with Crippen LogP contribution < -0.4 is 0 Å². The average Bonchev–Trinajstić information content (AvgIpc) is 2.52. The van der Waals surface area contributed by atoms with Crippen LogP contribution in [0.3, 0.4) is 0 Å². The summed E-state index contributed by atoms with van der Waals surface area (Å²) in [4.78, 5) is 16.8. The van der Waals surface area contributed by atoms with Gasteiger partial charge in [-0.3, -0.25) is 9.69 Å². The summed E-state index contributed by atoms with van der Waals surface area (Å²) in [6.45, 7) is 7.07. The van der Waals surface area contributed by atoms with Gasteiger partial charge in [0.25, 0.3) is 5.91 Å². The van der Waals surface area contributed by atoms with Crippen molar-refractivity contribution in [2.75, 3.05) is 27.9 Å². The molecule has 0 aliphatic carbocycles. The molecule has 0 spiro atoms. The van der Waals surface area contributed by atoms with Crippen molar-refractivity contribution in [2.24, 2.45) is 0 Å². The molecule has 1 aromatic rings. The number of nitrogens with zero attached hydrogens (tertiary/aromatic N) is 2. The van der Waals surface area contributed by atoms with Gasteiger partial charge in [0.05, 0.1) is 4.91 Å². The molecule has 0 radical (unpaired) electrons. The van der Waals surface area contributed by atoms with E-state index in [1.54, 1.807) is 13.3 Å². The van der Waals surface area contributed by atoms with E-state index in [0.29, 0.717) is 17.2 Å². The van der Waals surface area contributed by atoms with Crippen molar-refractivity contribution in [1.82, 2.24) is 9.80 Å². The Bertz CT molecular complexity index is 733. The van der Waals surface area contributed by atoms with E-state index < -0.39 is 0 Å². The zero-order valence-electron chi connectivity index (χ0n) is 16.4. The van der Waals surface area contributed by atoms with Crippen LogP contribution >= 0.6 is 11.8 Å². The fraction of sp³-hybridized carbons (Fsp3) is 0.450. The fourth-order valence-corrected chi connectivity index (χ4v) is 3.54. The lowest BCUT2D eigenvalue weighted by molar-refractivity contribution is -0.127. The molecule has 1 N–H and O–H groups in total. The lowest BCUT2D eigenvalue weighted by atomic mass is 9.84. The van der Waals surface area contributed by atoms with Crippen LogP contribution in [0.1, 0.15) is 37.5 Å². The highest BCUT2D eigenvalue weighted by molar-refractivity contribution is 8.06. The minimum absolute atomic E-state index is 0.0844.